The Balaban J connectivity index is 1.37. The van der Waals surface area contributed by atoms with E-state index in [-0.39, 0.29) is 24.5 Å². The van der Waals surface area contributed by atoms with E-state index in [0.717, 1.165) is 50.4 Å². The van der Waals surface area contributed by atoms with E-state index in [1.165, 1.54) is 0 Å². The van der Waals surface area contributed by atoms with Gasteiger partial charge in [-0.1, -0.05) is 54.0 Å². The van der Waals surface area contributed by atoms with Gasteiger partial charge in [-0.3, -0.25) is 4.79 Å². The second kappa shape index (κ2) is 9.78. The fourth-order valence-electron chi connectivity index (χ4n) is 5.21. The van der Waals surface area contributed by atoms with E-state index < -0.39 is 0 Å². The molecule has 2 aliphatic heterocycles. The molecule has 2 atom stereocenters. The molecule has 3 aliphatic rings. The topological polar surface area (TPSA) is 68.8 Å². The molecule has 3 aromatic rings. The molecule has 190 valence electrons. The molecule has 0 amide bonds. The van der Waals surface area contributed by atoms with Crippen LogP contribution in [0.2, 0.25) is 0 Å². The van der Waals surface area contributed by atoms with Gasteiger partial charge in [-0.25, -0.2) is 0 Å². The van der Waals surface area contributed by atoms with Crippen molar-refractivity contribution in [3.63, 3.8) is 0 Å². The minimum atomic E-state index is -0.338. The molecule has 37 heavy (non-hydrogen) atoms. The van der Waals surface area contributed by atoms with E-state index in [2.05, 4.69) is 52.5 Å². The average molecular weight is 561 g/mol. The van der Waals surface area contributed by atoms with Gasteiger partial charge in [0.2, 0.25) is 6.79 Å². The Morgan fingerprint density at radius 1 is 1.00 bits per heavy atom. The van der Waals surface area contributed by atoms with Crippen molar-refractivity contribution in [2.75, 3.05) is 24.0 Å². The first kappa shape index (κ1) is 23.9. The van der Waals surface area contributed by atoms with E-state index in [0.29, 0.717) is 30.4 Å². The van der Waals surface area contributed by atoms with Crippen LogP contribution >= 0.6 is 15.9 Å². The Hall–Kier alpha value is -3.45. The van der Waals surface area contributed by atoms with Gasteiger partial charge in [-0.05, 0) is 65.8 Å². The standard InChI is InChI=1S/C30H29BrN2O4/c1-17(2)15-35-20-9-7-18(8-10-20)19-11-25-29(26(34)12-19)30(33-24-6-4-3-5-23(24)32-25)21-13-27-28(14-22(21)31)37-16-36-27/h3-10,13-14,17,19,30,32-33H,11-12,15-16H2,1-2H3. The normalized spacial score (nSPS) is 20.1. The number of benzene rings is 3. The highest BCUT2D eigenvalue weighted by atomic mass is 79.9. The lowest BCUT2D eigenvalue weighted by atomic mass is 9.78. The number of Topliss-reactive ketones (excluding diaryl/α,β-unsaturated/α-hetero) is 1. The zero-order chi connectivity index (χ0) is 25.5. The first-order valence-electron chi connectivity index (χ1n) is 12.7. The quantitative estimate of drug-likeness (QED) is 0.344. The third-order valence-corrected chi connectivity index (χ3v) is 7.73. The summed E-state index contributed by atoms with van der Waals surface area (Å²) in [5, 5.41) is 7.25. The van der Waals surface area contributed by atoms with Crippen LogP contribution < -0.4 is 24.8 Å². The number of ether oxygens (including phenoxy) is 3. The lowest BCUT2D eigenvalue weighted by Gasteiger charge is -2.30. The lowest BCUT2D eigenvalue weighted by Crippen LogP contribution is -2.27. The molecule has 6 rings (SSSR count). The molecular weight excluding hydrogens is 532 g/mol. The smallest absolute Gasteiger partial charge is 0.231 e. The van der Waals surface area contributed by atoms with Gasteiger partial charge in [0, 0.05) is 22.2 Å². The van der Waals surface area contributed by atoms with E-state index in [1.54, 1.807) is 0 Å². The first-order chi connectivity index (χ1) is 18.0. The number of anilines is 2. The molecule has 6 nitrogen and oxygen atoms in total. The first-order valence-corrected chi connectivity index (χ1v) is 13.5. The predicted molar refractivity (Wildman–Crippen MR) is 147 cm³/mol. The van der Waals surface area contributed by atoms with Crippen LogP contribution in [0.5, 0.6) is 17.2 Å². The Bertz CT molecular complexity index is 1380. The Morgan fingerprint density at radius 2 is 1.73 bits per heavy atom. The van der Waals surface area contributed by atoms with Crippen molar-refractivity contribution >= 4 is 33.1 Å². The maximum atomic E-state index is 13.9. The Morgan fingerprint density at radius 3 is 2.49 bits per heavy atom. The number of allylic oxidation sites excluding steroid dienone is 1. The lowest BCUT2D eigenvalue weighted by molar-refractivity contribution is -0.116. The molecule has 0 bridgehead atoms. The average Bonchev–Trinajstić information content (AvgIpc) is 3.27. The van der Waals surface area contributed by atoms with Crippen molar-refractivity contribution in [3.05, 3.63) is 87.5 Å². The van der Waals surface area contributed by atoms with Crippen LogP contribution in [0, 0.1) is 5.92 Å². The summed E-state index contributed by atoms with van der Waals surface area (Å²) in [4.78, 5) is 13.9. The molecule has 0 radical (unpaired) electrons. The van der Waals surface area contributed by atoms with Gasteiger partial charge in [0.25, 0.3) is 0 Å². The second-order valence-corrected chi connectivity index (χ2v) is 11.0. The van der Waals surface area contributed by atoms with Crippen LogP contribution in [0.3, 0.4) is 0 Å². The van der Waals surface area contributed by atoms with Crippen molar-refractivity contribution in [2.24, 2.45) is 5.92 Å². The number of nitrogens with one attached hydrogen (secondary N) is 2. The number of carbonyl (C=O) groups excluding carboxylic acids is 1. The fourth-order valence-corrected chi connectivity index (χ4v) is 5.77. The number of rotatable bonds is 5. The van der Waals surface area contributed by atoms with Crippen molar-refractivity contribution in [1.82, 2.24) is 0 Å². The highest BCUT2D eigenvalue weighted by Crippen LogP contribution is 2.47. The summed E-state index contributed by atoms with van der Waals surface area (Å²) in [5.74, 6) is 2.94. The van der Waals surface area contributed by atoms with Crippen LogP contribution in [0.1, 0.15) is 49.8 Å². The molecule has 0 saturated heterocycles. The summed E-state index contributed by atoms with van der Waals surface area (Å²) >= 11 is 3.72. The molecule has 7 heteroatoms. The number of para-hydroxylation sites is 2. The highest BCUT2D eigenvalue weighted by Gasteiger charge is 2.37. The molecule has 0 fully saturated rings. The molecule has 2 unspecified atom stereocenters. The molecule has 0 saturated carbocycles. The summed E-state index contributed by atoms with van der Waals surface area (Å²) < 4.78 is 17.9. The third-order valence-electron chi connectivity index (χ3n) is 7.05. The number of ketones is 1. The molecule has 0 aromatic heterocycles. The van der Waals surface area contributed by atoms with Crippen LogP contribution in [-0.4, -0.2) is 19.2 Å². The molecule has 2 N–H and O–H groups in total. The number of carbonyl (C=O) groups is 1. The zero-order valence-electron chi connectivity index (χ0n) is 20.8. The summed E-state index contributed by atoms with van der Waals surface area (Å²) in [6.45, 7) is 5.15. The van der Waals surface area contributed by atoms with Gasteiger partial charge in [0.05, 0.1) is 24.0 Å². The monoisotopic (exact) mass is 560 g/mol. The minimum Gasteiger partial charge on any atom is -0.493 e. The van der Waals surface area contributed by atoms with Gasteiger partial charge in [-0.2, -0.15) is 0 Å². The largest absolute Gasteiger partial charge is 0.493 e. The van der Waals surface area contributed by atoms with Gasteiger partial charge in [0.15, 0.2) is 17.3 Å². The fraction of sp³-hybridized carbons (Fsp3) is 0.300. The van der Waals surface area contributed by atoms with Crippen molar-refractivity contribution in [1.29, 1.82) is 0 Å². The number of hydrogen-bond acceptors (Lipinski definition) is 6. The molecule has 0 spiro atoms. The molecule has 3 aromatic carbocycles. The van der Waals surface area contributed by atoms with Gasteiger partial charge >= 0.3 is 0 Å². The van der Waals surface area contributed by atoms with Crippen LogP contribution in [0.4, 0.5) is 11.4 Å². The number of fused-ring (bicyclic) bond motifs is 2. The zero-order valence-corrected chi connectivity index (χ0v) is 22.4. The molecule has 1 aliphatic carbocycles. The molecule has 2 heterocycles. The molecular formula is C30H29BrN2O4. The van der Waals surface area contributed by atoms with Crippen LogP contribution in [0.25, 0.3) is 0 Å². The predicted octanol–water partition coefficient (Wildman–Crippen LogP) is 7.19. The Kier molecular flexibility index (Phi) is 6.32. The van der Waals surface area contributed by atoms with E-state index >= 15 is 0 Å². The van der Waals surface area contributed by atoms with E-state index in [1.807, 2.05) is 48.5 Å². The van der Waals surface area contributed by atoms with Crippen LogP contribution in [0.15, 0.2) is 76.4 Å². The third kappa shape index (κ3) is 4.68. The SMILES string of the molecule is CC(C)COc1ccc(C2CC(=O)C3=C(C2)Nc2ccccc2NC3c2cc3c(cc2Br)OCO3)cc1. The second-order valence-electron chi connectivity index (χ2n) is 10.2. The maximum absolute atomic E-state index is 13.9. The van der Waals surface area contributed by atoms with Crippen molar-refractivity contribution in [2.45, 2.75) is 38.6 Å². The van der Waals surface area contributed by atoms with E-state index in [9.17, 15) is 4.79 Å². The van der Waals surface area contributed by atoms with Crippen molar-refractivity contribution < 1.29 is 19.0 Å². The van der Waals surface area contributed by atoms with Gasteiger partial charge in [-0.15, -0.1) is 0 Å². The minimum absolute atomic E-state index is 0.0870. The van der Waals surface area contributed by atoms with Gasteiger partial charge < -0.3 is 24.8 Å². The number of hydrogen-bond donors (Lipinski definition) is 2. The highest BCUT2D eigenvalue weighted by molar-refractivity contribution is 9.10. The van der Waals surface area contributed by atoms with Crippen LogP contribution in [-0.2, 0) is 4.79 Å². The Labute approximate surface area is 225 Å². The number of halogens is 1. The summed E-state index contributed by atoms with van der Waals surface area (Å²) in [5.41, 5.74) is 5.71. The summed E-state index contributed by atoms with van der Waals surface area (Å²) in [6.07, 6.45) is 1.19. The van der Waals surface area contributed by atoms with E-state index in [4.69, 9.17) is 14.2 Å². The van der Waals surface area contributed by atoms with Gasteiger partial charge in [0.1, 0.15) is 5.75 Å². The van der Waals surface area contributed by atoms with Crippen molar-refractivity contribution in [3.8, 4) is 17.2 Å². The summed E-state index contributed by atoms with van der Waals surface area (Å²) in [6, 6.07) is 19.8. The summed E-state index contributed by atoms with van der Waals surface area (Å²) in [7, 11) is 0. The maximum Gasteiger partial charge on any atom is 0.231 e.